The maximum absolute atomic E-state index is 3.49. The van der Waals surface area contributed by atoms with Crippen molar-refractivity contribution in [2.45, 2.75) is 20.8 Å². The molecule has 1 heterocycles. The third kappa shape index (κ3) is 10.8. The Morgan fingerprint density at radius 2 is 0.962 bits per heavy atom. The Morgan fingerprint density at radius 1 is 0.577 bits per heavy atom. The van der Waals surface area contributed by atoms with E-state index in [2.05, 4.69) is 64.7 Å². The summed E-state index contributed by atoms with van der Waals surface area (Å²) < 4.78 is 0. The van der Waals surface area contributed by atoms with Crippen molar-refractivity contribution in [2.75, 3.05) is 112 Å². The highest BCUT2D eigenvalue weighted by atomic mass is 15.3. The minimum Gasteiger partial charge on any atom is -0.316 e. The Morgan fingerprint density at radius 3 is 1.38 bits per heavy atom. The summed E-state index contributed by atoms with van der Waals surface area (Å²) in [6.45, 7) is 24.1. The van der Waals surface area contributed by atoms with Crippen molar-refractivity contribution in [1.82, 2.24) is 29.8 Å². The highest BCUT2D eigenvalue weighted by Gasteiger charge is 2.13. The monoisotopic (exact) mass is 370 g/mol. The molecule has 0 aliphatic carbocycles. The van der Waals surface area contributed by atoms with Gasteiger partial charge in [0, 0.05) is 78.5 Å². The van der Waals surface area contributed by atoms with Crippen molar-refractivity contribution >= 4 is 0 Å². The second-order valence-electron chi connectivity index (χ2n) is 7.67. The van der Waals surface area contributed by atoms with Crippen molar-refractivity contribution in [3.63, 3.8) is 0 Å². The first-order valence-corrected chi connectivity index (χ1v) is 10.8. The van der Waals surface area contributed by atoms with E-state index >= 15 is 0 Å². The summed E-state index contributed by atoms with van der Waals surface area (Å²) in [5.74, 6) is 0. The summed E-state index contributed by atoms with van der Waals surface area (Å²) in [5.41, 5.74) is 0. The molecule has 6 nitrogen and oxygen atoms in total. The Hall–Kier alpha value is -0.240. The average Bonchev–Trinajstić information content (AvgIpc) is 2.65. The van der Waals surface area contributed by atoms with Gasteiger partial charge in [0.15, 0.2) is 0 Å². The van der Waals surface area contributed by atoms with Crippen molar-refractivity contribution in [1.29, 1.82) is 0 Å². The smallest absolute Gasteiger partial charge is 0.0110 e. The van der Waals surface area contributed by atoms with Gasteiger partial charge in [0.1, 0.15) is 0 Å². The Bertz CT molecular complexity index is 301. The zero-order valence-electron chi connectivity index (χ0n) is 18.3. The summed E-state index contributed by atoms with van der Waals surface area (Å²) in [6.07, 6.45) is 0. The topological polar surface area (TPSA) is 28.2 Å². The Labute approximate surface area is 163 Å². The van der Waals surface area contributed by atoms with E-state index in [-0.39, 0.29) is 0 Å². The van der Waals surface area contributed by atoms with Crippen LogP contribution in [-0.4, -0.2) is 137 Å². The van der Waals surface area contributed by atoms with Gasteiger partial charge < -0.3 is 24.9 Å². The second kappa shape index (κ2) is 14.8. The van der Waals surface area contributed by atoms with E-state index in [9.17, 15) is 0 Å². The molecular weight excluding hydrogens is 324 g/mol. The molecule has 0 radical (unpaired) electrons. The summed E-state index contributed by atoms with van der Waals surface area (Å²) in [7, 11) is 4.53. The van der Waals surface area contributed by atoms with Crippen LogP contribution in [0.15, 0.2) is 0 Å². The van der Waals surface area contributed by atoms with Crippen LogP contribution in [0.2, 0.25) is 0 Å². The minimum atomic E-state index is 1.06. The molecule has 1 N–H and O–H groups in total. The standard InChI is InChI=1S/C20H46N6/c1-6-21-9-10-26-19-17-24(7-2)15-13-22(4)11-12-23(5)14-16-25(8-3)18-20-26/h21H,6-20H2,1-5H3. The fourth-order valence-electron chi connectivity index (χ4n) is 3.36. The third-order valence-electron chi connectivity index (χ3n) is 5.67. The lowest BCUT2D eigenvalue weighted by atomic mass is 10.3. The molecule has 0 aromatic heterocycles. The minimum absolute atomic E-state index is 1.06. The van der Waals surface area contributed by atoms with Crippen molar-refractivity contribution < 1.29 is 0 Å². The largest absolute Gasteiger partial charge is 0.316 e. The van der Waals surface area contributed by atoms with E-state index in [1.165, 1.54) is 52.4 Å². The molecule has 0 aromatic carbocycles. The number of hydrogen-bond donors (Lipinski definition) is 1. The molecule has 1 rings (SSSR count). The van der Waals surface area contributed by atoms with Gasteiger partial charge in [0.25, 0.3) is 0 Å². The molecule has 0 atom stereocenters. The van der Waals surface area contributed by atoms with Crippen LogP contribution >= 0.6 is 0 Å². The average molecular weight is 371 g/mol. The number of nitrogens with zero attached hydrogens (tertiary/aromatic N) is 5. The van der Waals surface area contributed by atoms with Crippen molar-refractivity contribution in [3.8, 4) is 0 Å². The van der Waals surface area contributed by atoms with Crippen LogP contribution < -0.4 is 5.32 Å². The predicted molar refractivity (Wildman–Crippen MR) is 114 cm³/mol. The van der Waals surface area contributed by atoms with E-state index < -0.39 is 0 Å². The van der Waals surface area contributed by atoms with Gasteiger partial charge in [-0.3, -0.25) is 4.90 Å². The van der Waals surface area contributed by atoms with E-state index in [0.717, 1.165) is 45.8 Å². The number of likely N-dealkylation sites (N-methyl/N-ethyl adjacent to an activating group) is 5. The van der Waals surface area contributed by atoms with Crippen LogP contribution in [0.4, 0.5) is 0 Å². The number of hydrogen-bond acceptors (Lipinski definition) is 6. The van der Waals surface area contributed by atoms with Gasteiger partial charge in [0.05, 0.1) is 0 Å². The van der Waals surface area contributed by atoms with Gasteiger partial charge in [-0.2, -0.15) is 0 Å². The summed E-state index contributed by atoms with van der Waals surface area (Å²) in [5, 5.41) is 3.49. The van der Waals surface area contributed by atoms with Crippen molar-refractivity contribution in [2.24, 2.45) is 0 Å². The molecule has 6 heteroatoms. The molecule has 1 fully saturated rings. The lowest BCUT2D eigenvalue weighted by Gasteiger charge is -2.30. The highest BCUT2D eigenvalue weighted by Crippen LogP contribution is 1.98. The first kappa shape index (κ1) is 23.8. The zero-order chi connectivity index (χ0) is 19.2. The fraction of sp³-hybridized carbons (Fsp3) is 1.00. The summed E-state index contributed by atoms with van der Waals surface area (Å²) in [6, 6.07) is 0. The molecule has 1 aliphatic rings. The molecule has 1 aliphatic heterocycles. The molecule has 0 aromatic rings. The van der Waals surface area contributed by atoms with Crippen LogP contribution in [-0.2, 0) is 0 Å². The van der Waals surface area contributed by atoms with E-state index in [4.69, 9.17) is 0 Å². The van der Waals surface area contributed by atoms with Crippen LogP contribution in [0, 0.1) is 0 Å². The van der Waals surface area contributed by atoms with Gasteiger partial charge in [-0.1, -0.05) is 20.8 Å². The summed E-state index contributed by atoms with van der Waals surface area (Å²) >= 11 is 0. The molecule has 1 saturated heterocycles. The van der Waals surface area contributed by atoms with Gasteiger partial charge in [-0.25, -0.2) is 0 Å². The number of rotatable bonds is 6. The van der Waals surface area contributed by atoms with Crippen LogP contribution in [0.25, 0.3) is 0 Å². The van der Waals surface area contributed by atoms with Gasteiger partial charge in [-0.05, 0) is 33.7 Å². The number of nitrogens with one attached hydrogen (secondary N) is 1. The highest BCUT2D eigenvalue weighted by molar-refractivity contribution is 4.70. The first-order valence-electron chi connectivity index (χ1n) is 10.8. The SMILES string of the molecule is CCNCCN1CCN(CC)CCN(C)CCN(C)CCN(CC)CC1. The van der Waals surface area contributed by atoms with Crippen LogP contribution in [0.1, 0.15) is 20.8 Å². The fourth-order valence-corrected chi connectivity index (χ4v) is 3.36. The summed E-state index contributed by atoms with van der Waals surface area (Å²) in [4.78, 5) is 12.8. The van der Waals surface area contributed by atoms with Crippen molar-refractivity contribution in [3.05, 3.63) is 0 Å². The van der Waals surface area contributed by atoms with Gasteiger partial charge in [0.2, 0.25) is 0 Å². The predicted octanol–water partition coefficient (Wildman–Crippen LogP) is 0.419. The lowest BCUT2D eigenvalue weighted by molar-refractivity contribution is 0.174. The molecular formula is C20H46N6. The Kier molecular flexibility index (Phi) is 13.5. The second-order valence-corrected chi connectivity index (χ2v) is 7.67. The first-order chi connectivity index (χ1) is 12.6. The van der Waals surface area contributed by atoms with E-state index in [1.807, 2.05) is 0 Å². The molecule has 0 bridgehead atoms. The lowest BCUT2D eigenvalue weighted by Crippen LogP contribution is -2.43. The normalized spacial score (nSPS) is 23.0. The molecule has 0 amide bonds. The molecule has 0 saturated carbocycles. The van der Waals surface area contributed by atoms with Crippen LogP contribution in [0.5, 0.6) is 0 Å². The zero-order valence-corrected chi connectivity index (χ0v) is 18.3. The maximum atomic E-state index is 3.49. The quantitative estimate of drug-likeness (QED) is 0.682. The van der Waals surface area contributed by atoms with E-state index in [1.54, 1.807) is 0 Å². The molecule has 0 spiro atoms. The van der Waals surface area contributed by atoms with E-state index in [0.29, 0.717) is 0 Å². The maximum Gasteiger partial charge on any atom is 0.0110 e. The Balaban J connectivity index is 2.65. The molecule has 156 valence electrons. The van der Waals surface area contributed by atoms with Crippen LogP contribution in [0.3, 0.4) is 0 Å². The van der Waals surface area contributed by atoms with Gasteiger partial charge >= 0.3 is 0 Å². The molecule has 0 unspecified atom stereocenters. The molecule has 26 heavy (non-hydrogen) atoms. The van der Waals surface area contributed by atoms with Gasteiger partial charge in [-0.15, -0.1) is 0 Å². The third-order valence-corrected chi connectivity index (χ3v) is 5.67.